The molecule has 0 saturated heterocycles. The molecule has 0 aliphatic carbocycles. The van der Waals surface area contributed by atoms with Crippen molar-refractivity contribution >= 4 is 17.7 Å². The first kappa shape index (κ1) is 19.3. The van der Waals surface area contributed by atoms with Crippen LogP contribution in [0.5, 0.6) is 11.5 Å². The van der Waals surface area contributed by atoms with Crippen LogP contribution in [-0.2, 0) is 9.53 Å². The summed E-state index contributed by atoms with van der Waals surface area (Å²) in [5, 5.41) is 12.7. The molecule has 0 aromatic heterocycles. The van der Waals surface area contributed by atoms with Crippen LogP contribution in [0.3, 0.4) is 0 Å². The van der Waals surface area contributed by atoms with E-state index in [0.29, 0.717) is 22.5 Å². The predicted molar refractivity (Wildman–Crippen MR) is 104 cm³/mol. The molecule has 1 atom stereocenters. The number of para-hydroxylation sites is 1. The number of carbonyl (C=O) groups is 2. The molecule has 0 spiro atoms. The zero-order valence-electron chi connectivity index (χ0n) is 15.9. The van der Waals surface area contributed by atoms with Gasteiger partial charge >= 0.3 is 12.0 Å². The van der Waals surface area contributed by atoms with Crippen molar-refractivity contribution < 1.29 is 24.2 Å². The van der Waals surface area contributed by atoms with Gasteiger partial charge in [0.1, 0.15) is 0 Å². The van der Waals surface area contributed by atoms with Gasteiger partial charge in [0.2, 0.25) is 0 Å². The minimum Gasteiger partial charge on any atom is -0.504 e. The molecule has 1 heterocycles. The first-order valence-corrected chi connectivity index (χ1v) is 8.88. The maximum absolute atomic E-state index is 12.9. The Bertz CT molecular complexity index is 924. The lowest BCUT2D eigenvalue weighted by molar-refractivity contribution is -0.139. The molecule has 146 valence electrons. The molecule has 0 saturated carbocycles. The number of nitrogens with one attached hydrogen (secondary N) is 1. The van der Waals surface area contributed by atoms with Crippen LogP contribution >= 0.6 is 0 Å². The Hall–Kier alpha value is -3.48. The van der Waals surface area contributed by atoms with Gasteiger partial charge in [0, 0.05) is 5.70 Å². The number of allylic oxidation sites excluding steroid dienone is 1. The lowest BCUT2D eigenvalue weighted by atomic mass is 9.94. The zero-order chi connectivity index (χ0) is 20.3. The number of aromatic hydroxyl groups is 1. The van der Waals surface area contributed by atoms with Crippen LogP contribution in [0, 0.1) is 0 Å². The van der Waals surface area contributed by atoms with E-state index in [9.17, 15) is 14.7 Å². The third-order valence-corrected chi connectivity index (χ3v) is 4.53. The summed E-state index contributed by atoms with van der Waals surface area (Å²) in [5.41, 5.74) is 2.03. The van der Waals surface area contributed by atoms with Gasteiger partial charge in [-0.15, -0.1) is 0 Å². The molecule has 2 aromatic carbocycles. The van der Waals surface area contributed by atoms with Crippen LogP contribution in [-0.4, -0.2) is 30.8 Å². The number of phenols is 1. The van der Waals surface area contributed by atoms with Gasteiger partial charge in [-0.3, -0.25) is 4.90 Å². The van der Waals surface area contributed by atoms with Crippen LogP contribution in [0.15, 0.2) is 59.8 Å². The van der Waals surface area contributed by atoms with E-state index in [1.165, 1.54) is 18.1 Å². The number of hydrogen-bond donors (Lipinski definition) is 2. The second-order valence-electron chi connectivity index (χ2n) is 6.20. The van der Waals surface area contributed by atoms with Crippen molar-refractivity contribution in [2.24, 2.45) is 0 Å². The number of esters is 1. The van der Waals surface area contributed by atoms with Crippen molar-refractivity contribution in [1.82, 2.24) is 5.32 Å². The Kier molecular flexibility index (Phi) is 5.54. The number of phenolic OH excluding ortho intramolecular Hbond substituents is 1. The second-order valence-corrected chi connectivity index (χ2v) is 6.20. The van der Waals surface area contributed by atoms with E-state index in [1.54, 1.807) is 38.1 Å². The summed E-state index contributed by atoms with van der Waals surface area (Å²) in [5.74, 6) is -0.297. The standard InChI is InChI=1S/C21H22N2O5/c1-4-28-20(25)18-13(2)23(15-8-6-5-7-9-15)21(26)22-19(18)14-10-11-16(24)17(12-14)27-3/h5-12,19,24H,4H2,1-3H3,(H,22,26)/t19-/m1/s1. The van der Waals surface area contributed by atoms with Crippen LogP contribution in [0.2, 0.25) is 0 Å². The first-order valence-electron chi connectivity index (χ1n) is 8.88. The van der Waals surface area contributed by atoms with E-state index in [2.05, 4.69) is 5.32 Å². The number of methoxy groups -OCH3 is 1. The van der Waals surface area contributed by atoms with Gasteiger partial charge in [-0.2, -0.15) is 0 Å². The number of nitrogens with zero attached hydrogens (tertiary/aromatic N) is 1. The Morgan fingerprint density at radius 2 is 1.93 bits per heavy atom. The number of benzene rings is 2. The van der Waals surface area contributed by atoms with Crippen molar-refractivity contribution in [2.45, 2.75) is 19.9 Å². The van der Waals surface area contributed by atoms with Crippen molar-refractivity contribution in [3.8, 4) is 11.5 Å². The van der Waals surface area contributed by atoms with Crippen LogP contribution in [0.25, 0.3) is 0 Å². The highest BCUT2D eigenvalue weighted by molar-refractivity contribution is 6.03. The minimum atomic E-state index is -0.735. The molecule has 3 rings (SSSR count). The number of amides is 2. The molecular formula is C21H22N2O5. The van der Waals surface area contributed by atoms with Gasteiger partial charge in [0.05, 0.1) is 31.0 Å². The summed E-state index contributed by atoms with van der Waals surface area (Å²) in [6, 6.07) is 12.6. The molecule has 0 unspecified atom stereocenters. The largest absolute Gasteiger partial charge is 0.504 e. The molecule has 2 amide bonds. The summed E-state index contributed by atoms with van der Waals surface area (Å²) < 4.78 is 10.4. The number of carbonyl (C=O) groups excluding carboxylic acids is 2. The van der Waals surface area contributed by atoms with Crippen molar-refractivity contribution in [3.63, 3.8) is 0 Å². The fraction of sp³-hybridized carbons (Fsp3) is 0.238. The monoisotopic (exact) mass is 382 g/mol. The van der Waals surface area contributed by atoms with E-state index in [4.69, 9.17) is 9.47 Å². The Morgan fingerprint density at radius 3 is 2.57 bits per heavy atom. The minimum absolute atomic E-state index is 0.0299. The highest BCUT2D eigenvalue weighted by Gasteiger charge is 2.37. The molecule has 28 heavy (non-hydrogen) atoms. The maximum Gasteiger partial charge on any atom is 0.338 e. The smallest absolute Gasteiger partial charge is 0.338 e. The fourth-order valence-electron chi connectivity index (χ4n) is 3.23. The lowest BCUT2D eigenvalue weighted by Gasteiger charge is -2.35. The van der Waals surface area contributed by atoms with Gasteiger partial charge in [0.15, 0.2) is 11.5 Å². The molecular weight excluding hydrogens is 360 g/mol. The molecule has 7 heteroatoms. The highest BCUT2D eigenvalue weighted by Crippen LogP contribution is 2.37. The zero-order valence-corrected chi connectivity index (χ0v) is 15.9. The molecule has 0 bridgehead atoms. The van der Waals surface area contributed by atoms with Gasteiger partial charge < -0.3 is 19.9 Å². The van der Waals surface area contributed by atoms with E-state index in [1.807, 2.05) is 18.2 Å². The average molecular weight is 382 g/mol. The van der Waals surface area contributed by atoms with Crippen LogP contribution < -0.4 is 15.0 Å². The van der Waals surface area contributed by atoms with Gasteiger partial charge in [-0.05, 0) is 43.7 Å². The number of urea groups is 1. The number of ether oxygens (including phenoxy) is 2. The number of rotatable bonds is 5. The van der Waals surface area contributed by atoms with Gasteiger partial charge in [-0.1, -0.05) is 24.3 Å². The van der Waals surface area contributed by atoms with Crippen molar-refractivity contribution in [3.05, 3.63) is 65.4 Å². The SMILES string of the molecule is CCOC(=O)C1=C(C)N(c2ccccc2)C(=O)N[C@@H]1c1ccc(O)c(OC)c1. The second kappa shape index (κ2) is 8.04. The van der Waals surface area contributed by atoms with Gasteiger partial charge in [0.25, 0.3) is 0 Å². The summed E-state index contributed by atoms with van der Waals surface area (Å²) >= 11 is 0. The summed E-state index contributed by atoms with van der Waals surface area (Å²) in [7, 11) is 1.43. The first-order chi connectivity index (χ1) is 13.5. The van der Waals surface area contributed by atoms with Crippen LogP contribution in [0.4, 0.5) is 10.5 Å². The third kappa shape index (κ3) is 3.51. The molecule has 1 aliphatic heterocycles. The molecule has 1 aliphatic rings. The summed E-state index contributed by atoms with van der Waals surface area (Å²) in [6.45, 7) is 3.64. The normalized spacial score (nSPS) is 16.6. The summed E-state index contributed by atoms with van der Waals surface area (Å²) in [6.07, 6.45) is 0. The van der Waals surface area contributed by atoms with Crippen LogP contribution in [0.1, 0.15) is 25.5 Å². The van der Waals surface area contributed by atoms with Gasteiger partial charge in [-0.25, -0.2) is 9.59 Å². The lowest BCUT2D eigenvalue weighted by Crippen LogP contribution is -2.48. The Labute approximate surface area is 163 Å². The predicted octanol–water partition coefficient (Wildman–Crippen LogP) is 3.51. The van der Waals surface area contributed by atoms with E-state index < -0.39 is 12.0 Å². The molecule has 0 fully saturated rings. The summed E-state index contributed by atoms with van der Waals surface area (Å²) in [4.78, 5) is 27.1. The quantitative estimate of drug-likeness (QED) is 0.773. The Balaban J connectivity index is 2.14. The van der Waals surface area contributed by atoms with Crippen molar-refractivity contribution in [2.75, 3.05) is 18.6 Å². The van der Waals surface area contributed by atoms with E-state index >= 15 is 0 Å². The highest BCUT2D eigenvalue weighted by atomic mass is 16.5. The van der Waals surface area contributed by atoms with E-state index in [0.717, 1.165) is 0 Å². The fourth-order valence-corrected chi connectivity index (χ4v) is 3.23. The Morgan fingerprint density at radius 1 is 1.21 bits per heavy atom. The topological polar surface area (TPSA) is 88.1 Å². The average Bonchev–Trinajstić information content (AvgIpc) is 2.69. The third-order valence-electron chi connectivity index (χ3n) is 4.53. The molecule has 7 nitrogen and oxygen atoms in total. The molecule has 2 aromatic rings. The number of anilines is 1. The number of hydrogen-bond acceptors (Lipinski definition) is 5. The van der Waals surface area contributed by atoms with E-state index in [-0.39, 0.29) is 24.1 Å². The molecule has 2 N–H and O–H groups in total. The molecule has 0 radical (unpaired) electrons. The maximum atomic E-state index is 12.9. The van der Waals surface area contributed by atoms with Crippen molar-refractivity contribution in [1.29, 1.82) is 0 Å².